The summed E-state index contributed by atoms with van der Waals surface area (Å²) in [6.07, 6.45) is 2.51. The normalized spacial score (nSPS) is 18.8. The lowest BCUT2D eigenvalue weighted by Crippen LogP contribution is -2.29. The number of rotatable bonds is 3. The lowest BCUT2D eigenvalue weighted by Gasteiger charge is -2.27. The standard InChI is InChI=1S/C25H21F3N4O2/c26-25(27,28)17-5-3-15(4-6-17)21-12-20-23(22(31-21)16-2-1-11-29-13-16)30-14-32(24(20)34)18-7-9-19(33)10-8-18/h1-6,11-14,18-19,33H,7-10H2/t18-,19-. The monoisotopic (exact) mass is 466 g/mol. The predicted molar refractivity (Wildman–Crippen MR) is 121 cm³/mol. The lowest BCUT2D eigenvalue weighted by molar-refractivity contribution is -0.137. The number of aliphatic hydroxyl groups is 1. The second-order valence-electron chi connectivity index (χ2n) is 8.49. The molecule has 3 heterocycles. The van der Waals surface area contributed by atoms with E-state index in [0.29, 0.717) is 59.1 Å². The Bertz CT molecular complexity index is 1380. The fraction of sp³-hybridized carbons (Fsp3) is 0.280. The molecule has 6 nitrogen and oxygen atoms in total. The van der Waals surface area contributed by atoms with E-state index in [2.05, 4.69) is 15.0 Å². The molecule has 0 spiro atoms. The Morgan fingerprint density at radius 1 is 1.00 bits per heavy atom. The zero-order valence-corrected chi connectivity index (χ0v) is 18.0. The van der Waals surface area contributed by atoms with Crippen molar-refractivity contribution in [1.29, 1.82) is 0 Å². The van der Waals surface area contributed by atoms with Crippen molar-refractivity contribution >= 4 is 10.9 Å². The Morgan fingerprint density at radius 2 is 1.74 bits per heavy atom. The van der Waals surface area contributed by atoms with Gasteiger partial charge in [-0.15, -0.1) is 0 Å². The third-order valence-corrected chi connectivity index (χ3v) is 6.27. The second kappa shape index (κ2) is 8.64. The molecule has 34 heavy (non-hydrogen) atoms. The Balaban J connectivity index is 1.68. The van der Waals surface area contributed by atoms with E-state index >= 15 is 0 Å². The van der Waals surface area contributed by atoms with Crippen LogP contribution in [0.2, 0.25) is 0 Å². The number of alkyl halides is 3. The molecule has 1 fully saturated rings. The van der Waals surface area contributed by atoms with Crippen LogP contribution in [0.4, 0.5) is 13.2 Å². The number of halogens is 3. The summed E-state index contributed by atoms with van der Waals surface area (Å²) in [6, 6.07) is 9.74. The van der Waals surface area contributed by atoms with Crippen molar-refractivity contribution in [3.8, 4) is 22.5 Å². The van der Waals surface area contributed by atoms with Crippen LogP contribution in [0.25, 0.3) is 33.4 Å². The van der Waals surface area contributed by atoms with Gasteiger partial charge in [0.05, 0.1) is 34.8 Å². The van der Waals surface area contributed by atoms with Crippen LogP contribution >= 0.6 is 0 Å². The highest BCUT2D eigenvalue weighted by molar-refractivity contribution is 5.93. The van der Waals surface area contributed by atoms with Gasteiger partial charge in [0.15, 0.2) is 0 Å². The van der Waals surface area contributed by atoms with Crippen LogP contribution in [-0.4, -0.2) is 30.7 Å². The Hall–Kier alpha value is -3.59. The molecule has 1 saturated carbocycles. The van der Waals surface area contributed by atoms with E-state index in [0.717, 1.165) is 12.1 Å². The fourth-order valence-corrected chi connectivity index (χ4v) is 4.42. The van der Waals surface area contributed by atoms with Crippen LogP contribution in [0.5, 0.6) is 0 Å². The van der Waals surface area contributed by atoms with Crippen molar-refractivity contribution in [2.75, 3.05) is 0 Å². The van der Waals surface area contributed by atoms with Gasteiger partial charge in [-0.05, 0) is 56.0 Å². The van der Waals surface area contributed by atoms with Crippen molar-refractivity contribution < 1.29 is 18.3 Å². The first kappa shape index (κ1) is 22.2. The second-order valence-corrected chi connectivity index (χ2v) is 8.49. The largest absolute Gasteiger partial charge is 0.416 e. The molecule has 0 amide bonds. The number of nitrogens with zero attached hydrogens (tertiary/aromatic N) is 4. The maximum atomic E-state index is 13.5. The summed E-state index contributed by atoms with van der Waals surface area (Å²) in [5.74, 6) is 0. The number of fused-ring (bicyclic) bond motifs is 1. The van der Waals surface area contributed by atoms with E-state index in [-0.39, 0.29) is 17.7 Å². The number of benzene rings is 1. The van der Waals surface area contributed by atoms with Gasteiger partial charge in [0.25, 0.3) is 5.56 Å². The molecule has 0 radical (unpaired) electrons. The molecule has 3 aromatic heterocycles. The van der Waals surface area contributed by atoms with Gasteiger partial charge < -0.3 is 5.11 Å². The highest BCUT2D eigenvalue weighted by Gasteiger charge is 2.30. The van der Waals surface area contributed by atoms with E-state index in [1.54, 1.807) is 35.2 Å². The number of hydrogen-bond acceptors (Lipinski definition) is 5. The predicted octanol–water partition coefficient (Wildman–Crippen LogP) is 5.02. The summed E-state index contributed by atoms with van der Waals surface area (Å²) in [6.45, 7) is 0. The van der Waals surface area contributed by atoms with Crippen molar-refractivity contribution in [2.24, 2.45) is 0 Å². The number of pyridine rings is 2. The first-order valence-electron chi connectivity index (χ1n) is 11.0. The van der Waals surface area contributed by atoms with Crippen LogP contribution in [0.3, 0.4) is 0 Å². The molecule has 9 heteroatoms. The molecule has 0 unspecified atom stereocenters. The molecular weight excluding hydrogens is 445 g/mol. The quantitative estimate of drug-likeness (QED) is 0.459. The topological polar surface area (TPSA) is 80.9 Å². The van der Waals surface area contributed by atoms with Crippen LogP contribution in [0, 0.1) is 0 Å². The minimum Gasteiger partial charge on any atom is -0.393 e. The SMILES string of the molecule is O=c1c2cc(-c3ccc(C(F)(F)F)cc3)nc(-c3cccnc3)c2ncn1[C@H]1CC[C@H](O)CC1. The maximum Gasteiger partial charge on any atom is 0.416 e. The summed E-state index contributed by atoms with van der Waals surface area (Å²) < 4.78 is 40.7. The molecule has 5 rings (SSSR count). The van der Waals surface area contributed by atoms with Crippen molar-refractivity contribution in [1.82, 2.24) is 19.5 Å². The first-order chi connectivity index (χ1) is 16.3. The molecule has 0 aliphatic heterocycles. The molecule has 174 valence electrons. The van der Waals surface area contributed by atoms with Gasteiger partial charge >= 0.3 is 6.18 Å². The van der Waals surface area contributed by atoms with E-state index in [9.17, 15) is 23.1 Å². The number of aromatic nitrogens is 4. The molecule has 1 aliphatic rings. The summed E-state index contributed by atoms with van der Waals surface area (Å²) in [7, 11) is 0. The van der Waals surface area contributed by atoms with Crippen molar-refractivity contribution in [3.05, 3.63) is 77.1 Å². The molecule has 4 aromatic rings. The average molecular weight is 466 g/mol. The van der Waals surface area contributed by atoms with Crippen molar-refractivity contribution in [2.45, 2.75) is 44.0 Å². The van der Waals surface area contributed by atoms with Crippen LogP contribution < -0.4 is 5.56 Å². The minimum atomic E-state index is -4.44. The van der Waals surface area contributed by atoms with Crippen LogP contribution in [-0.2, 0) is 6.18 Å². The van der Waals surface area contributed by atoms with E-state index in [1.165, 1.54) is 18.5 Å². The van der Waals surface area contributed by atoms with Gasteiger partial charge in [-0.25, -0.2) is 9.97 Å². The van der Waals surface area contributed by atoms with Crippen LogP contribution in [0.15, 0.2) is 66.0 Å². The third-order valence-electron chi connectivity index (χ3n) is 6.27. The van der Waals surface area contributed by atoms with Crippen LogP contribution in [0.1, 0.15) is 37.3 Å². The zero-order valence-electron chi connectivity index (χ0n) is 18.0. The summed E-state index contributed by atoms with van der Waals surface area (Å²) >= 11 is 0. The molecule has 0 bridgehead atoms. The van der Waals surface area contributed by atoms with Gasteiger partial charge in [0.2, 0.25) is 0 Å². The smallest absolute Gasteiger partial charge is 0.393 e. The average Bonchev–Trinajstić information content (AvgIpc) is 2.85. The number of hydrogen-bond donors (Lipinski definition) is 1. The van der Waals surface area contributed by atoms with Gasteiger partial charge in [0.1, 0.15) is 5.52 Å². The molecule has 1 N–H and O–H groups in total. The fourth-order valence-electron chi connectivity index (χ4n) is 4.42. The molecule has 1 aromatic carbocycles. The van der Waals surface area contributed by atoms with E-state index in [4.69, 9.17) is 0 Å². The maximum absolute atomic E-state index is 13.5. The molecule has 0 atom stereocenters. The highest BCUT2D eigenvalue weighted by atomic mass is 19.4. The van der Waals surface area contributed by atoms with E-state index in [1.807, 2.05) is 0 Å². The molecular formula is C25H21F3N4O2. The van der Waals surface area contributed by atoms with Gasteiger partial charge in [-0.1, -0.05) is 12.1 Å². The summed E-state index contributed by atoms with van der Waals surface area (Å²) in [5.41, 5.74) is 1.31. The third kappa shape index (κ3) is 4.19. The Labute approximate surface area is 192 Å². The van der Waals surface area contributed by atoms with Gasteiger partial charge in [0, 0.05) is 29.6 Å². The van der Waals surface area contributed by atoms with Gasteiger partial charge in [-0.2, -0.15) is 13.2 Å². The minimum absolute atomic E-state index is 0.0719. The first-order valence-corrected chi connectivity index (χ1v) is 11.0. The van der Waals surface area contributed by atoms with Crippen molar-refractivity contribution in [3.63, 3.8) is 0 Å². The molecule has 0 saturated heterocycles. The molecule has 1 aliphatic carbocycles. The van der Waals surface area contributed by atoms with Gasteiger partial charge in [-0.3, -0.25) is 14.3 Å². The zero-order chi connectivity index (χ0) is 23.9. The number of aliphatic hydroxyl groups excluding tert-OH is 1. The Kier molecular flexibility index (Phi) is 5.65. The summed E-state index contributed by atoms with van der Waals surface area (Å²) in [4.78, 5) is 26.9. The van der Waals surface area contributed by atoms with E-state index < -0.39 is 11.7 Å². The summed E-state index contributed by atoms with van der Waals surface area (Å²) in [5, 5.41) is 10.2. The Morgan fingerprint density at radius 3 is 2.38 bits per heavy atom. The highest BCUT2D eigenvalue weighted by Crippen LogP contribution is 2.33. The lowest BCUT2D eigenvalue weighted by atomic mass is 9.93.